The van der Waals surface area contributed by atoms with E-state index in [0.29, 0.717) is 22.9 Å². The molecule has 0 radical (unpaired) electrons. The monoisotopic (exact) mass is 278 g/mol. The maximum absolute atomic E-state index is 13.6. The van der Waals surface area contributed by atoms with Crippen LogP contribution in [0.15, 0.2) is 42.5 Å². The predicted octanol–water partition coefficient (Wildman–Crippen LogP) is 4.11. The van der Waals surface area contributed by atoms with Gasteiger partial charge in [-0.25, -0.2) is 4.39 Å². The van der Waals surface area contributed by atoms with Crippen LogP contribution in [0.4, 0.5) is 4.39 Å². The van der Waals surface area contributed by atoms with Crippen molar-refractivity contribution in [3.8, 4) is 5.75 Å². The third kappa shape index (κ3) is 3.12. The largest absolute Gasteiger partial charge is 0.494 e. The lowest BCUT2D eigenvalue weighted by Crippen LogP contribution is -2.04. The molecule has 2 rings (SSSR count). The van der Waals surface area contributed by atoms with Gasteiger partial charge in [0.1, 0.15) is 11.6 Å². The number of hydrogen-bond donors (Lipinski definition) is 0. The van der Waals surface area contributed by atoms with Crippen LogP contribution in [0.2, 0.25) is 5.02 Å². The Morgan fingerprint density at radius 3 is 2.53 bits per heavy atom. The minimum atomic E-state index is -0.580. The van der Waals surface area contributed by atoms with Gasteiger partial charge in [-0.2, -0.15) is 0 Å². The molecule has 98 valence electrons. The number of rotatable bonds is 4. The summed E-state index contributed by atoms with van der Waals surface area (Å²) in [5.74, 6) is -0.308. The van der Waals surface area contributed by atoms with Crippen molar-refractivity contribution in [3.63, 3.8) is 0 Å². The van der Waals surface area contributed by atoms with E-state index < -0.39 is 11.6 Å². The molecular formula is C15H12ClFO2. The highest BCUT2D eigenvalue weighted by molar-refractivity contribution is 6.31. The number of ether oxygens (including phenoxy) is 1. The first-order chi connectivity index (χ1) is 9.11. The van der Waals surface area contributed by atoms with Gasteiger partial charge in [0.2, 0.25) is 0 Å². The van der Waals surface area contributed by atoms with Gasteiger partial charge in [0.25, 0.3) is 0 Å². The molecule has 0 heterocycles. The molecule has 0 aliphatic carbocycles. The Labute approximate surface area is 115 Å². The fourth-order valence-electron chi connectivity index (χ4n) is 1.70. The van der Waals surface area contributed by atoms with Crippen LogP contribution in [0.5, 0.6) is 5.75 Å². The van der Waals surface area contributed by atoms with E-state index in [1.165, 1.54) is 18.2 Å². The quantitative estimate of drug-likeness (QED) is 0.787. The number of ketones is 1. The van der Waals surface area contributed by atoms with Crippen molar-refractivity contribution in [2.75, 3.05) is 6.61 Å². The second-order valence-corrected chi connectivity index (χ2v) is 4.35. The molecule has 0 saturated carbocycles. The Balaban J connectivity index is 2.30. The van der Waals surface area contributed by atoms with Crippen LogP contribution in [0.25, 0.3) is 0 Å². The van der Waals surface area contributed by atoms with Crippen LogP contribution in [0.3, 0.4) is 0 Å². The molecular weight excluding hydrogens is 267 g/mol. The van der Waals surface area contributed by atoms with Gasteiger partial charge in [-0.3, -0.25) is 4.79 Å². The first-order valence-electron chi connectivity index (χ1n) is 5.84. The Bertz CT molecular complexity index is 594. The van der Waals surface area contributed by atoms with Crippen LogP contribution in [0, 0.1) is 5.82 Å². The average molecular weight is 279 g/mol. The summed E-state index contributed by atoms with van der Waals surface area (Å²) >= 11 is 5.78. The Morgan fingerprint density at radius 2 is 1.89 bits per heavy atom. The van der Waals surface area contributed by atoms with Crippen molar-refractivity contribution in [1.29, 1.82) is 0 Å². The van der Waals surface area contributed by atoms with Gasteiger partial charge < -0.3 is 4.74 Å². The van der Waals surface area contributed by atoms with Gasteiger partial charge in [-0.15, -0.1) is 0 Å². The first kappa shape index (κ1) is 13.6. The molecule has 0 amide bonds. The summed E-state index contributed by atoms with van der Waals surface area (Å²) in [6, 6.07) is 10.5. The minimum Gasteiger partial charge on any atom is -0.494 e. The smallest absolute Gasteiger partial charge is 0.196 e. The molecule has 0 N–H and O–H groups in total. The number of carbonyl (C=O) groups is 1. The highest BCUT2D eigenvalue weighted by Gasteiger charge is 2.14. The topological polar surface area (TPSA) is 26.3 Å². The molecule has 0 bridgehead atoms. The van der Waals surface area contributed by atoms with E-state index in [1.807, 2.05) is 6.92 Å². The number of carbonyl (C=O) groups excluding carboxylic acids is 1. The SMILES string of the molecule is CCOc1ccc(C(=O)c2cc(Cl)ccc2F)cc1. The second-order valence-electron chi connectivity index (χ2n) is 3.91. The number of benzene rings is 2. The van der Waals surface area contributed by atoms with Crippen molar-refractivity contribution in [3.05, 3.63) is 64.4 Å². The van der Waals surface area contributed by atoms with E-state index in [0.717, 1.165) is 0 Å². The molecule has 4 heteroatoms. The highest BCUT2D eigenvalue weighted by Crippen LogP contribution is 2.20. The summed E-state index contributed by atoms with van der Waals surface area (Å²) in [6.45, 7) is 2.43. The molecule has 2 nitrogen and oxygen atoms in total. The van der Waals surface area contributed by atoms with Gasteiger partial charge in [0, 0.05) is 10.6 Å². The molecule has 0 atom stereocenters. The Morgan fingerprint density at radius 1 is 1.21 bits per heavy atom. The third-order valence-corrected chi connectivity index (χ3v) is 2.84. The molecule has 0 fully saturated rings. The Kier molecular flexibility index (Phi) is 4.17. The summed E-state index contributed by atoms with van der Waals surface area (Å²) in [6.07, 6.45) is 0. The van der Waals surface area contributed by atoms with E-state index in [1.54, 1.807) is 24.3 Å². The molecule has 0 unspecified atom stereocenters. The normalized spacial score (nSPS) is 10.3. The Hall–Kier alpha value is -1.87. The van der Waals surface area contributed by atoms with E-state index in [4.69, 9.17) is 16.3 Å². The lowest BCUT2D eigenvalue weighted by Gasteiger charge is -2.06. The maximum Gasteiger partial charge on any atom is 0.196 e. The standard InChI is InChI=1S/C15H12ClFO2/c1-2-19-12-6-3-10(4-7-12)15(18)13-9-11(16)5-8-14(13)17/h3-9H,2H2,1H3. The number of halogens is 2. The fraction of sp³-hybridized carbons (Fsp3) is 0.133. The summed E-state index contributed by atoms with van der Waals surface area (Å²) in [5, 5.41) is 0.329. The zero-order valence-corrected chi connectivity index (χ0v) is 11.1. The van der Waals surface area contributed by atoms with E-state index >= 15 is 0 Å². The average Bonchev–Trinajstić information content (AvgIpc) is 2.42. The van der Waals surface area contributed by atoms with Crippen LogP contribution in [-0.2, 0) is 0 Å². The van der Waals surface area contributed by atoms with Gasteiger partial charge in [0.05, 0.1) is 12.2 Å². The van der Waals surface area contributed by atoms with Gasteiger partial charge >= 0.3 is 0 Å². The van der Waals surface area contributed by atoms with Crippen molar-refractivity contribution >= 4 is 17.4 Å². The van der Waals surface area contributed by atoms with Crippen molar-refractivity contribution in [1.82, 2.24) is 0 Å². The lowest BCUT2D eigenvalue weighted by atomic mass is 10.0. The molecule has 19 heavy (non-hydrogen) atoms. The summed E-state index contributed by atoms with van der Waals surface area (Å²) < 4.78 is 18.9. The molecule has 0 aliphatic heterocycles. The van der Waals surface area contributed by atoms with E-state index in [2.05, 4.69) is 0 Å². The van der Waals surface area contributed by atoms with Crippen LogP contribution < -0.4 is 4.74 Å². The van der Waals surface area contributed by atoms with Crippen molar-refractivity contribution < 1.29 is 13.9 Å². The zero-order chi connectivity index (χ0) is 13.8. The highest BCUT2D eigenvalue weighted by atomic mass is 35.5. The van der Waals surface area contributed by atoms with Crippen LogP contribution in [-0.4, -0.2) is 12.4 Å². The summed E-state index contributed by atoms with van der Waals surface area (Å²) in [5.41, 5.74) is 0.362. The van der Waals surface area contributed by atoms with Crippen molar-refractivity contribution in [2.24, 2.45) is 0 Å². The lowest BCUT2D eigenvalue weighted by molar-refractivity contribution is 0.103. The fourth-order valence-corrected chi connectivity index (χ4v) is 1.87. The molecule has 0 aromatic heterocycles. The molecule has 2 aromatic rings. The first-order valence-corrected chi connectivity index (χ1v) is 6.22. The maximum atomic E-state index is 13.6. The molecule has 0 aliphatic rings. The second kappa shape index (κ2) is 5.85. The van der Waals surface area contributed by atoms with Crippen molar-refractivity contribution in [2.45, 2.75) is 6.92 Å². The third-order valence-electron chi connectivity index (χ3n) is 2.60. The summed E-state index contributed by atoms with van der Waals surface area (Å²) in [7, 11) is 0. The van der Waals surface area contributed by atoms with Gasteiger partial charge in [-0.1, -0.05) is 11.6 Å². The van der Waals surface area contributed by atoms with Gasteiger partial charge in [-0.05, 0) is 49.4 Å². The number of hydrogen-bond acceptors (Lipinski definition) is 2. The van der Waals surface area contributed by atoms with Crippen LogP contribution in [0.1, 0.15) is 22.8 Å². The van der Waals surface area contributed by atoms with Gasteiger partial charge in [0.15, 0.2) is 5.78 Å². The molecule has 2 aromatic carbocycles. The predicted molar refractivity (Wildman–Crippen MR) is 72.5 cm³/mol. The van der Waals surface area contributed by atoms with E-state index in [-0.39, 0.29) is 5.56 Å². The zero-order valence-electron chi connectivity index (χ0n) is 10.3. The summed E-state index contributed by atoms with van der Waals surface area (Å²) in [4.78, 5) is 12.1. The molecule has 0 spiro atoms. The van der Waals surface area contributed by atoms with E-state index in [9.17, 15) is 9.18 Å². The molecule has 0 saturated heterocycles. The van der Waals surface area contributed by atoms with Crippen LogP contribution >= 0.6 is 11.6 Å². The minimum absolute atomic E-state index is 0.0309.